The predicted molar refractivity (Wildman–Crippen MR) is 100 cm³/mol. The predicted octanol–water partition coefficient (Wildman–Crippen LogP) is 2.76. The Kier molecular flexibility index (Phi) is 7.02. The maximum Gasteiger partial charge on any atom is 0.240 e. The summed E-state index contributed by atoms with van der Waals surface area (Å²) in [5.41, 5.74) is 1.52. The number of nitrogens with one attached hydrogen (secondary N) is 1. The van der Waals surface area contributed by atoms with Gasteiger partial charge in [-0.2, -0.15) is 0 Å². The molecule has 2 rings (SSSR count). The molecule has 138 valence electrons. The van der Waals surface area contributed by atoms with Crippen LogP contribution in [0.1, 0.15) is 19.4 Å². The van der Waals surface area contributed by atoms with Gasteiger partial charge in [0.2, 0.25) is 11.8 Å². The minimum absolute atomic E-state index is 0.0571. The van der Waals surface area contributed by atoms with Gasteiger partial charge in [-0.3, -0.25) is 9.59 Å². The van der Waals surface area contributed by atoms with Gasteiger partial charge < -0.3 is 19.7 Å². The molecule has 0 atom stereocenters. The van der Waals surface area contributed by atoms with Gasteiger partial charge in [0, 0.05) is 24.7 Å². The van der Waals surface area contributed by atoms with E-state index in [1.165, 1.54) is 11.8 Å². The fourth-order valence-electron chi connectivity index (χ4n) is 2.52. The number of hydrogen-bond donors (Lipinski definition) is 1. The van der Waals surface area contributed by atoms with E-state index in [0.29, 0.717) is 24.6 Å². The van der Waals surface area contributed by atoms with E-state index in [9.17, 15) is 9.59 Å². The first-order valence-corrected chi connectivity index (χ1v) is 8.44. The Bertz CT molecular complexity index is 744. The Labute approximate surface area is 153 Å². The smallest absolute Gasteiger partial charge is 0.240 e. The molecule has 0 saturated heterocycles. The number of hydrogen-bond acceptors (Lipinski definition) is 4. The zero-order chi connectivity index (χ0) is 18.9. The molecule has 2 amide bonds. The lowest BCUT2D eigenvalue weighted by Gasteiger charge is -2.21. The van der Waals surface area contributed by atoms with E-state index >= 15 is 0 Å². The van der Waals surface area contributed by atoms with Crippen molar-refractivity contribution < 1.29 is 19.1 Å². The molecule has 0 saturated carbocycles. The highest BCUT2D eigenvalue weighted by atomic mass is 16.5. The minimum Gasteiger partial charge on any atom is -0.496 e. The Morgan fingerprint density at radius 1 is 1.08 bits per heavy atom. The van der Waals surface area contributed by atoms with Crippen molar-refractivity contribution in [2.24, 2.45) is 0 Å². The first kappa shape index (κ1) is 19.3. The summed E-state index contributed by atoms with van der Waals surface area (Å²) in [5, 5.41) is 2.82. The summed E-state index contributed by atoms with van der Waals surface area (Å²) in [7, 11) is 1.59. The monoisotopic (exact) mass is 356 g/mol. The van der Waals surface area contributed by atoms with E-state index in [1.54, 1.807) is 31.4 Å². The van der Waals surface area contributed by atoms with Crippen molar-refractivity contribution in [2.45, 2.75) is 20.4 Å². The first-order chi connectivity index (χ1) is 12.5. The van der Waals surface area contributed by atoms with E-state index in [1.807, 2.05) is 31.2 Å². The molecule has 0 heterocycles. The highest BCUT2D eigenvalue weighted by Gasteiger charge is 2.16. The highest BCUT2D eigenvalue weighted by Crippen LogP contribution is 2.20. The van der Waals surface area contributed by atoms with Crippen molar-refractivity contribution in [1.82, 2.24) is 5.32 Å². The molecule has 26 heavy (non-hydrogen) atoms. The van der Waals surface area contributed by atoms with Crippen LogP contribution < -0.4 is 19.7 Å². The van der Waals surface area contributed by atoms with Crippen LogP contribution in [-0.2, 0) is 16.1 Å². The fraction of sp³-hybridized carbons (Fsp3) is 0.300. The standard InChI is InChI=1S/C20H24N2O4/c1-4-26-18-11-9-17(10-12-18)22(15(2)23)14-20(24)21-13-16-7-5-6-8-19(16)25-3/h5-12H,4,13-14H2,1-3H3,(H,21,24). The number of rotatable bonds is 8. The summed E-state index contributed by atoms with van der Waals surface area (Å²) < 4.78 is 10.7. The zero-order valence-corrected chi connectivity index (χ0v) is 15.3. The van der Waals surface area contributed by atoms with Gasteiger partial charge in [0.15, 0.2) is 0 Å². The van der Waals surface area contributed by atoms with E-state index in [2.05, 4.69) is 5.32 Å². The van der Waals surface area contributed by atoms with Crippen LogP contribution in [0.15, 0.2) is 48.5 Å². The van der Waals surface area contributed by atoms with Crippen LogP contribution >= 0.6 is 0 Å². The molecule has 0 aliphatic carbocycles. The summed E-state index contributed by atoms with van der Waals surface area (Å²) in [5.74, 6) is 0.977. The summed E-state index contributed by atoms with van der Waals surface area (Å²) in [6.45, 7) is 4.18. The molecule has 0 bridgehead atoms. The third-order valence-corrected chi connectivity index (χ3v) is 3.81. The maximum absolute atomic E-state index is 12.3. The van der Waals surface area contributed by atoms with Crippen molar-refractivity contribution >= 4 is 17.5 Å². The average molecular weight is 356 g/mol. The van der Waals surface area contributed by atoms with E-state index in [4.69, 9.17) is 9.47 Å². The number of benzene rings is 2. The van der Waals surface area contributed by atoms with E-state index in [-0.39, 0.29) is 18.4 Å². The van der Waals surface area contributed by atoms with Gasteiger partial charge in [-0.05, 0) is 37.3 Å². The van der Waals surface area contributed by atoms with Crippen molar-refractivity contribution in [2.75, 3.05) is 25.2 Å². The molecule has 0 unspecified atom stereocenters. The summed E-state index contributed by atoms with van der Waals surface area (Å²) >= 11 is 0. The summed E-state index contributed by atoms with van der Waals surface area (Å²) in [6.07, 6.45) is 0. The summed E-state index contributed by atoms with van der Waals surface area (Å²) in [6, 6.07) is 14.6. The topological polar surface area (TPSA) is 67.9 Å². The van der Waals surface area contributed by atoms with Gasteiger partial charge in [0.25, 0.3) is 0 Å². The number of amides is 2. The van der Waals surface area contributed by atoms with Gasteiger partial charge in [0.1, 0.15) is 18.0 Å². The third-order valence-electron chi connectivity index (χ3n) is 3.81. The maximum atomic E-state index is 12.3. The van der Waals surface area contributed by atoms with Gasteiger partial charge in [-0.15, -0.1) is 0 Å². The molecule has 6 nitrogen and oxygen atoms in total. The SMILES string of the molecule is CCOc1ccc(N(CC(=O)NCc2ccccc2OC)C(C)=O)cc1. The third kappa shape index (κ3) is 5.24. The molecule has 0 aromatic heterocycles. The average Bonchev–Trinajstić information content (AvgIpc) is 2.65. The van der Waals surface area contributed by atoms with Crippen molar-refractivity contribution in [3.05, 3.63) is 54.1 Å². The molecular weight excluding hydrogens is 332 g/mol. The van der Waals surface area contributed by atoms with Crippen molar-refractivity contribution in [3.8, 4) is 11.5 Å². The van der Waals surface area contributed by atoms with Gasteiger partial charge in [-0.1, -0.05) is 18.2 Å². The Hall–Kier alpha value is -3.02. The van der Waals surface area contributed by atoms with Crippen LogP contribution in [0, 0.1) is 0 Å². The number of para-hydroxylation sites is 1. The number of ether oxygens (including phenoxy) is 2. The molecule has 6 heteroatoms. The number of anilines is 1. The van der Waals surface area contributed by atoms with E-state index in [0.717, 1.165) is 11.3 Å². The van der Waals surface area contributed by atoms with Crippen LogP contribution in [0.4, 0.5) is 5.69 Å². The normalized spacial score (nSPS) is 10.1. The lowest BCUT2D eigenvalue weighted by Crippen LogP contribution is -2.39. The molecular formula is C20H24N2O4. The van der Waals surface area contributed by atoms with Crippen molar-refractivity contribution in [1.29, 1.82) is 0 Å². The lowest BCUT2D eigenvalue weighted by molar-refractivity contribution is -0.123. The molecule has 2 aromatic rings. The quantitative estimate of drug-likeness (QED) is 0.790. The molecule has 0 aliphatic rings. The van der Waals surface area contributed by atoms with Gasteiger partial charge in [-0.25, -0.2) is 0 Å². The molecule has 1 N–H and O–H groups in total. The molecule has 0 radical (unpaired) electrons. The molecule has 0 fully saturated rings. The lowest BCUT2D eigenvalue weighted by atomic mass is 10.2. The number of carbonyl (C=O) groups is 2. The number of nitrogens with zero attached hydrogens (tertiary/aromatic N) is 1. The van der Waals surface area contributed by atoms with Crippen molar-refractivity contribution in [3.63, 3.8) is 0 Å². The van der Waals surface area contributed by atoms with Crippen LogP contribution in [0.25, 0.3) is 0 Å². The molecule has 2 aromatic carbocycles. The second kappa shape index (κ2) is 9.46. The zero-order valence-electron chi connectivity index (χ0n) is 15.3. The molecule has 0 aliphatic heterocycles. The van der Waals surface area contributed by atoms with Gasteiger partial charge >= 0.3 is 0 Å². The van der Waals surface area contributed by atoms with E-state index < -0.39 is 0 Å². The highest BCUT2D eigenvalue weighted by molar-refractivity contribution is 5.97. The Balaban J connectivity index is 2.00. The number of methoxy groups -OCH3 is 1. The Morgan fingerprint density at radius 3 is 2.38 bits per heavy atom. The number of carbonyl (C=O) groups excluding carboxylic acids is 2. The largest absolute Gasteiger partial charge is 0.496 e. The van der Waals surface area contributed by atoms with Gasteiger partial charge in [0.05, 0.1) is 13.7 Å². The second-order valence-electron chi connectivity index (χ2n) is 5.62. The fourth-order valence-corrected chi connectivity index (χ4v) is 2.52. The van der Waals surface area contributed by atoms with Crippen LogP contribution in [0.2, 0.25) is 0 Å². The Morgan fingerprint density at radius 2 is 1.77 bits per heavy atom. The van der Waals surface area contributed by atoms with Crippen LogP contribution in [0.3, 0.4) is 0 Å². The van der Waals surface area contributed by atoms with Crippen LogP contribution in [0.5, 0.6) is 11.5 Å². The minimum atomic E-state index is -0.250. The summed E-state index contributed by atoms with van der Waals surface area (Å²) in [4.78, 5) is 25.7. The first-order valence-electron chi connectivity index (χ1n) is 8.44. The van der Waals surface area contributed by atoms with Crippen LogP contribution in [-0.4, -0.2) is 32.1 Å². The second-order valence-corrected chi connectivity index (χ2v) is 5.62. The molecule has 0 spiro atoms.